The zero-order valence-corrected chi connectivity index (χ0v) is 14.5. The number of benzene rings is 2. The third-order valence-corrected chi connectivity index (χ3v) is 4.12. The Morgan fingerprint density at radius 2 is 1.46 bits per heavy atom. The van der Waals surface area contributed by atoms with Gasteiger partial charge in [0.05, 0.1) is 12.3 Å². The van der Waals surface area contributed by atoms with E-state index in [1.54, 1.807) is 30.3 Å². The zero-order valence-electron chi connectivity index (χ0n) is 14.5. The largest absolute Gasteiger partial charge is 0.481 e. The maximum absolute atomic E-state index is 10.8. The normalized spacial score (nSPS) is 14.7. The predicted octanol–water partition coefficient (Wildman–Crippen LogP) is 2.43. The molecule has 138 valence electrons. The molecule has 0 radical (unpaired) electrons. The van der Waals surface area contributed by atoms with Gasteiger partial charge in [0.15, 0.2) is 0 Å². The minimum atomic E-state index is -1.11. The van der Waals surface area contributed by atoms with Gasteiger partial charge in [-0.15, -0.1) is 0 Å². The van der Waals surface area contributed by atoms with Crippen LogP contribution in [0, 0.1) is 0 Å². The van der Waals surface area contributed by atoms with Gasteiger partial charge in [0.25, 0.3) is 0 Å². The number of para-hydroxylation sites is 1. The number of nitrogens with zero attached hydrogens (tertiary/aromatic N) is 1. The summed E-state index contributed by atoms with van der Waals surface area (Å²) in [6, 6.07) is 18.9. The first kappa shape index (κ1) is 19.5. The van der Waals surface area contributed by atoms with Gasteiger partial charge in [0, 0.05) is 31.9 Å². The third-order valence-electron chi connectivity index (χ3n) is 4.12. The zero-order chi connectivity index (χ0) is 18.8. The van der Waals surface area contributed by atoms with E-state index in [-0.39, 0.29) is 6.42 Å². The molecule has 1 heterocycles. The summed E-state index contributed by atoms with van der Waals surface area (Å²) >= 11 is 0. The highest BCUT2D eigenvalue weighted by molar-refractivity contribution is 5.82. The quantitative estimate of drug-likeness (QED) is 0.762. The van der Waals surface area contributed by atoms with E-state index in [4.69, 9.17) is 10.2 Å². The van der Waals surface area contributed by atoms with Crippen molar-refractivity contribution in [3.63, 3.8) is 0 Å². The number of carboxylic acid groups (broad SMARTS) is 2. The molecule has 0 saturated carbocycles. The van der Waals surface area contributed by atoms with Crippen LogP contribution in [-0.2, 0) is 9.59 Å². The summed E-state index contributed by atoms with van der Waals surface area (Å²) in [6.07, 6.45) is -0.390. The van der Waals surface area contributed by atoms with E-state index in [9.17, 15) is 9.59 Å². The van der Waals surface area contributed by atoms with Crippen LogP contribution in [-0.4, -0.2) is 48.3 Å². The van der Waals surface area contributed by atoms with Crippen molar-refractivity contribution < 1.29 is 19.8 Å². The molecule has 2 aromatic rings. The molecule has 26 heavy (non-hydrogen) atoms. The lowest BCUT2D eigenvalue weighted by molar-refractivity contribution is -0.145. The number of hydrogen-bond acceptors (Lipinski definition) is 4. The molecule has 1 unspecified atom stereocenters. The van der Waals surface area contributed by atoms with Gasteiger partial charge >= 0.3 is 11.9 Å². The minimum absolute atomic E-state index is 0.390. The fourth-order valence-electron chi connectivity index (χ4n) is 2.77. The second kappa shape index (κ2) is 10.2. The van der Waals surface area contributed by atoms with Gasteiger partial charge in [0.2, 0.25) is 0 Å². The number of anilines is 1. The Balaban J connectivity index is 0.000000189. The Morgan fingerprint density at radius 1 is 0.923 bits per heavy atom. The van der Waals surface area contributed by atoms with Gasteiger partial charge in [-0.3, -0.25) is 9.59 Å². The highest BCUT2D eigenvalue weighted by Gasteiger charge is 2.22. The van der Waals surface area contributed by atoms with Crippen molar-refractivity contribution in [1.29, 1.82) is 0 Å². The molecule has 0 spiro atoms. The van der Waals surface area contributed by atoms with Crippen LogP contribution in [0.2, 0.25) is 0 Å². The van der Waals surface area contributed by atoms with Crippen molar-refractivity contribution in [1.82, 2.24) is 5.32 Å². The number of piperazine rings is 1. The third kappa shape index (κ3) is 6.22. The standard InChI is InChI=1S/C10H14N2.C10H10O4/c1-2-4-10(5-3-1)12-8-6-11-7-9-12;11-9(12)6-8(10(13)14)7-4-2-1-3-5-7/h1-5,11H,6-9H2;1-5,8H,6H2,(H,11,12)(H,13,14). The number of nitrogens with one attached hydrogen (secondary N) is 1. The van der Waals surface area contributed by atoms with Crippen molar-refractivity contribution in [2.24, 2.45) is 0 Å². The summed E-state index contributed by atoms with van der Waals surface area (Å²) in [5.41, 5.74) is 1.86. The monoisotopic (exact) mass is 356 g/mol. The van der Waals surface area contributed by atoms with Crippen molar-refractivity contribution in [2.45, 2.75) is 12.3 Å². The Bertz CT molecular complexity index is 685. The number of rotatable bonds is 5. The molecule has 1 saturated heterocycles. The lowest BCUT2D eigenvalue weighted by atomic mass is 9.96. The second-order valence-corrected chi connectivity index (χ2v) is 5.97. The molecule has 1 fully saturated rings. The van der Waals surface area contributed by atoms with Crippen LogP contribution in [0.1, 0.15) is 17.9 Å². The molecule has 0 aliphatic carbocycles. The summed E-state index contributed by atoms with van der Waals surface area (Å²) in [5.74, 6) is -3.19. The lowest BCUT2D eigenvalue weighted by Gasteiger charge is -2.29. The molecular weight excluding hydrogens is 332 g/mol. The fourth-order valence-corrected chi connectivity index (χ4v) is 2.77. The van der Waals surface area contributed by atoms with Crippen molar-refractivity contribution in [3.05, 3.63) is 66.2 Å². The summed E-state index contributed by atoms with van der Waals surface area (Å²) in [4.78, 5) is 23.6. The Kier molecular flexibility index (Phi) is 7.64. The summed E-state index contributed by atoms with van der Waals surface area (Å²) in [7, 11) is 0. The van der Waals surface area contributed by atoms with E-state index in [1.165, 1.54) is 5.69 Å². The maximum Gasteiger partial charge on any atom is 0.311 e. The summed E-state index contributed by atoms with van der Waals surface area (Å²) in [6.45, 7) is 4.47. The molecule has 2 aromatic carbocycles. The lowest BCUT2D eigenvalue weighted by Crippen LogP contribution is -2.43. The smallest absolute Gasteiger partial charge is 0.311 e. The van der Waals surface area contributed by atoms with Crippen LogP contribution in [0.5, 0.6) is 0 Å². The van der Waals surface area contributed by atoms with E-state index < -0.39 is 17.9 Å². The average Bonchev–Trinajstić information content (AvgIpc) is 2.68. The van der Waals surface area contributed by atoms with Crippen LogP contribution < -0.4 is 10.2 Å². The van der Waals surface area contributed by atoms with Gasteiger partial charge in [-0.25, -0.2) is 0 Å². The number of aliphatic carboxylic acids is 2. The highest BCUT2D eigenvalue weighted by atomic mass is 16.4. The van der Waals surface area contributed by atoms with Crippen molar-refractivity contribution in [2.75, 3.05) is 31.1 Å². The van der Waals surface area contributed by atoms with Crippen LogP contribution >= 0.6 is 0 Å². The topological polar surface area (TPSA) is 89.9 Å². The molecule has 3 rings (SSSR count). The molecule has 6 nitrogen and oxygen atoms in total. The number of carboxylic acids is 2. The fraction of sp³-hybridized carbons (Fsp3) is 0.300. The molecule has 6 heteroatoms. The van der Waals surface area contributed by atoms with Crippen LogP contribution in [0.25, 0.3) is 0 Å². The first-order valence-corrected chi connectivity index (χ1v) is 8.58. The van der Waals surface area contributed by atoms with Gasteiger partial charge in [-0.1, -0.05) is 48.5 Å². The van der Waals surface area contributed by atoms with E-state index in [0.717, 1.165) is 26.2 Å². The van der Waals surface area contributed by atoms with E-state index in [1.807, 2.05) is 0 Å². The molecule has 1 atom stereocenters. The van der Waals surface area contributed by atoms with Crippen LogP contribution in [0.15, 0.2) is 60.7 Å². The molecular formula is C20H24N2O4. The maximum atomic E-state index is 10.8. The Morgan fingerprint density at radius 3 is 1.96 bits per heavy atom. The molecule has 0 aromatic heterocycles. The number of hydrogen-bond donors (Lipinski definition) is 3. The molecule has 1 aliphatic rings. The molecule has 1 aliphatic heterocycles. The number of carbonyl (C=O) groups is 2. The Hall–Kier alpha value is -2.86. The van der Waals surface area contributed by atoms with Gasteiger partial charge < -0.3 is 20.4 Å². The van der Waals surface area contributed by atoms with E-state index in [2.05, 4.69) is 40.5 Å². The Labute approximate surface area is 153 Å². The second-order valence-electron chi connectivity index (χ2n) is 5.97. The first-order chi connectivity index (χ1) is 12.6. The molecule has 0 bridgehead atoms. The van der Waals surface area contributed by atoms with E-state index in [0.29, 0.717) is 5.56 Å². The van der Waals surface area contributed by atoms with Crippen molar-refractivity contribution in [3.8, 4) is 0 Å². The van der Waals surface area contributed by atoms with Crippen LogP contribution in [0.4, 0.5) is 5.69 Å². The highest BCUT2D eigenvalue weighted by Crippen LogP contribution is 2.19. The molecule has 0 amide bonds. The molecule has 3 N–H and O–H groups in total. The SMILES string of the molecule is O=C(O)CC(C(=O)O)c1ccccc1.c1ccc(N2CCNCC2)cc1. The van der Waals surface area contributed by atoms with Crippen molar-refractivity contribution >= 4 is 17.6 Å². The minimum Gasteiger partial charge on any atom is -0.481 e. The average molecular weight is 356 g/mol. The first-order valence-electron chi connectivity index (χ1n) is 8.58. The summed E-state index contributed by atoms with van der Waals surface area (Å²) in [5, 5.41) is 20.7. The van der Waals surface area contributed by atoms with Gasteiger partial charge in [0.1, 0.15) is 0 Å². The van der Waals surface area contributed by atoms with E-state index >= 15 is 0 Å². The van der Waals surface area contributed by atoms with Gasteiger partial charge in [-0.05, 0) is 17.7 Å². The van der Waals surface area contributed by atoms with Gasteiger partial charge in [-0.2, -0.15) is 0 Å². The summed E-state index contributed by atoms with van der Waals surface area (Å²) < 4.78 is 0. The predicted molar refractivity (Wildman–Crippen MR) is 101 cm³/mol. The van der Waals surface area contributed by atoms with Crippen LogP contribution in [0.3, 0.4) is 0 Å².